The lowest BCUT2D eigenvalue weighted by Crippen LogP contribution is -2.18. The average molecular weight is 332 g/mol. The summed E-state index contributed by atoms with van der Waals surface area (Å²) in [6.45, 7) is 2.29. The Morgan fingerprint density at radius 1 is 1.20 bits per heavy atom. The molecule has 0 saturated carbocycles. The standard InChI is InChI=1S/C18H16N6O/c1-13-9-23(16-5-3-2-4-15(13)16)10-18(25)22-14-6-7-17(20-8-14)24-12-19-11-21-24/h2-9,11-12H,10H2,1H3,(H,22,25). The maximum atomic E-state index is 12.4. The molecule has 7 nitrogen and oxygen atoms in total. The highest BCUT2D eigenvalue weighted by Crippen LogP contribution is 2.20. The van der Waals surface area contributed by atoms with Gasteiger partial charge in [-0.1, -0.05) is 18.2 Å². The number of fused-ring (bicyclic) bond motifs is 1. The molecule has 25 heavy (non-hydrogen) atoms. The highest BCUT2D eigenvalue weighted by atomic mass is 16.1. The van der Waals surface area contributed by atoms with Crippen molar-refractivity contribution < 1.29 is 4.79 Å². The summed E-state index contributed by atoms with van der Waals surface area (Å²) in [4.78, 5) is 20.5. The Bertz CT molecular complexity index is 1020. The van der Waals surface area contributed by atoms with Crippen molar-refractivity contribution in [1.82, 2.24) is 24.3 Å². The summed E-state index contributed by atoms with van der Waals surface area (Å²) in [7, 11) is 0. The van der Waals surface area contributed by atoms with Crippen LogP contribution in [-0.2, 0) is 11.3 Å². The lowest BCUT2D eigenvalue weighted by molar-refractivity contribution is -0.116. The number of nitrogens with one attached hydrogen (secondary N) is 1. The van der Waals surface area contributed by atoms with Crippen LogP contribution in [0.5, 0.6) is 0 Å². The van der Waals surface area contributed by atoms with E-state index in [1.54, 1.807) is 29.3 Å². The number of pyridine rings is 1. The van der Waals surface area contributed by atoms with Crippen LogP contribution in [0.3, 0.4) is 0 Å². The number of carbonyl (C=O) groups excluding carboxylic acids is 1. The van der Waals surface area contributed by atoms with Gasteiger partial charge in [-0.05, 0) is 30.7 Å². The van der Waals surface area contributed by atoms with Crippen molar-refractivity contribution in [1.29, 1.82) is 0 Å². The predicted molar refractivity (Wildman–Crippen MR) is 94.5 cm³/mol. The van der Waals surface area contributed by atoms with Crippen LogP contribution in [-0.4, -0.2) is 30.2 Å². The quantitative estimate of drug-likeness (QED) is 0.623. The fourth-order valence-corrected chi connectivity index (χ4v) is 2.84. The van der Waals surface area contributed by atoms with Gasteiger partial charge >= 0.3 is 0 Å². The van der Waals surface area contributed by atoms with Gasteiger partial charge in [0.2, 0.25) is 5.91 Å². The maximum absolute atomic E-state index is 12.4. The first-order chi connectivity index (χ1) is 12.2. The third-order valence-electron chi connectivity index (χ3n) is 3.99. The molecule has 0 unspecified atom stereocenters. The Labute approximate surface area is 143 Å². The van der Waals surface area contributed by atoms with Gasteiger partial charge in [0.25, 0.3) is 0 Å². The molecule has 0 aliphatic rings. The summed E-state index contributed by atoms with van der Waals surface area (Å²) >= 11 is 0. The first-order valence-corrected chi connectivity index (χ1v) is 7.86. The summed E-state index contributed by atoms with van der Waals surface area (Å²) in [6, 6.07) is 11.6. The molecule has 0 radical (unpaired) electrons. The van der Waals surface area contributed by atoms with Gasteiger partial charge in [0.15, 0.2) is 5.82 Å². The number of amides is 1. The van der Waals surface area contributed by atoms with Crippen LogP contribution in [0.15, 0.2) is 61.4 Å². The van der Waals surface area contributed by atoms with Crippen LogP contribution in [0.4, 0.5) is 5.69 Å². The minimum atomic E-state index is -0.101. The van der Waals surface area contributed by atoms with Gasteiger partial charge in [-0.25, -0.2) is 14.6 Å². The van der Waals surface area contributed by atoms with Crippen LogP contribution >= 0.6 is 0 Å². The van der Waals surface area contributed by atoms with E-state index in [1.165, 1.54) is 6.33 Å². The summed E-state index contributed by atoms with van der Waals surface area (Å²) in [6.07, 6.45) is 6.62. The Kier molecular flexibility index (Phi) is 3.74. The highest BCUT2D eigenvalue weighted by Gasteiger charge is 2.09. The summed E-state index contributed by atoms with van der Waals surface area (Å²) < 4.78 is 3.51. The van der Waals surface area contributed by atoms with E-state index < -0.39 is 0 Å². The smallest absolute Gasteiger partial charge is 0.244 e. The third kappa shape index (κ3) is 2.99. The normalized spacial score (nSPS) is 10.9. The zero-order valence-corrected chi connectivity index (χ0v) is 13.6. The van der Waals surface area contributed by atoms with Crippen molar-refractivity contribution in [2.75, 3.05) is 5.32 Å². The van der Waals surface area contributed by atoms with Gasteiger partial charge < -0.3 is 9.88 Å². The van der Waals surface area contributed by atoms with Gasteiger partial charge in [-0.2, -0.15) is 5.10 Å². The SMILES string of the molecule is Cc1cn(CC(=O)Nc2ccc(-n3cncn3)nc2)c2ccccc12. The molecule has 1 aromatic carbocycles. The minimum Gasteiger partial charge on any atom is -0.338 e. The lowest BCUT2D eigenvalue weighted by atomic mass is 10.2. The van der Waals surface area contributed by atoms with Gasteiger partial charge in [0, 0.05) is 17.1 Å². The molecule has 0 aliphatic carbocycles. The molecule has 0 spiro atoms. The molecule has 1 amide bonds. The number of hydrogen-bond acceptors (Lipinski definition) is 4. The molecule has 0 atom stereocenters. The van der Waals surface area contributed by atoms with E-state index in [1.807, 2.05) is 35.9 Å². The van der Waals surface area contributed by atoms with Crippen LogP contribution < -0.4 is 5.32 Å². The highest BCUT2D eigenvalue weighted by molar-refractivity contribution is 5.92. The number of aromatic nitrogens is 5. The molecular formula is C18H16N6O. The third-order valence-corrected chi connectivity index (χ3v) is 3.99. The molecule has 1 N–H and O–H groups in total. The Hall–Kier alpha value is -3.48. The van der Waals surface area contributed by atoms with Crippen molar-refractivity contribution >= 4 is 22.5 Å². The molecule has 4 rings (SSSR count). The van der Waals surface area contributed by atoms with Crippen molar-refractivity contribution in [2.45, 2.75) is 13.5 Å². The largest absolute Gasteiger partial charge is 0.338 e. The summed E-state index contributed by atoms with van der Waals surface area (Å²) in [5, 5.41) is 8.05. The number of hydrogen-bond donors (Lipinski definition) is 1. The van der Waals surface area contributed by atoms with Crippen LogP contribution in [0, 0.1) is 6.92 Å². The molecule has 124 valence electrons. The van der Waals surface area contributed by atoms with E-state index in [0.717, 1.165) is 16.5 Å². The second-order valence-corrected chi connectivity index (χ2v) is 5.75. The fourth-order valence-electron chi connectivity index (χ4n) is 2.84. The van der Waals surface area contributed by atoms with Crippen molar-refractivity contribution in [3.63, 3.8) is 0 Å². The number of anilines is 1. The average Bonchev–Trinajstić information content (AvgIpc) is 3.25. The molecule has 3 heterocycles. The molecule has 7 heteroatoms. The van der Waals surface area contributed by atoms with E-state index in [2.05, 4.69) is 26.4 Å². The van der Waals surface area contributed by atoms with Crippen molar-refractivity contribution in [3.05, 3.63) is 67.0 Å². The molecule has 4 aromatic rings. The molecule has 0 saturated heterocycles. The van der Waals surface area contributed by atoms with E-state index in [9.17, 15) is 4.79 Å². The lowest BCUT2D eigenvalue weighted by Gasteiger charge is -2.08. The summed E-state index contributed by atoms with van der Waals surface area (Å²) in [5.41, 5.74) is 2.85. The topological polar surface area (TPSA) is 77.6 Å². The van der Waals surface area contributed by atoms with Gasteiger partial charge in [0.1, 0.15) is 19.2 Å². The van der Waals surface area contributed by atoms with E-state index >= 15 is 0 Å². The van der Waals surface area contributed by atoms with Gasteiger partial charge in [-0.15, -0.1) is 0 Å². The Morgan fingerprint density at radius 3 is 2.84 bits per heavy atom. The predicted octanol–water partition coefficient (Wildman–Crippen LogP) is 2.56. The zero-order chi connectivity index (χ0) is 17.2. The van der Waals surface area contributed by atoms with E-state index in [4.69, 9.17) is 0 Å². The van der Waals surface area contributed by atoms with Gasteiger partial charge in [-0.3, -0.25) is 4.79 Å². The Balaban J connectivity index is 1.48. The van der Waals surface area contributed by atoms with Crippen LogP contribution in [0.1, 0.15) is 5.56 Å². The number of aryl methyl sites for hydroxylation is 1. The summed E-state index contributed by atoms with van der Waals surface area (Å²) in [5.74, 6) is 0.540. The minimum absolute atomic E-state index is 0.101. The van der Waals surface area contributed by atoms with E-state index in [0.29, 0.717) is 11.5 Å². The first kappa shape index (κ1) is 15.1. The van der Waals surface area contributed by atoms with Crippen LogP contribution in [0.25, 0.3) is 16.7 Å². The second kappa shape index (κ2) is 6.20. The number of benzene rings is 1. The number of para-hydroxylation sites is 1. The van der Waals surface area contributed by atoms with E-state index in [-0.39, 0.29) is 12.5 Å². The number of carbonyl (C=O) groups is 1. The monoisotopic (exact) mass is 332 g/mol. The second-order valence-electron chi connectivity index (χ2n) is 5.75. The number of nitrogens with zero attached hydrogens (tertiary/aromatic N) is 5. The maximum Gasteiger partial charge on any atom is 0.244 e. The fraction of sp³-hybridized carbons (Fsp3) is 0.111. The van der Waals surface area contributed by atoms with Crippen molar-refractivity contribution in [2.24, 2.45) is 0 Å². The first-order valence-electron chi connectivity index (χ1n) is 7.86. The van der Waals surface area contributed by atoms with Gasteiger partial charge in [0.05, 0.1) is 11.9 Å². The Morgan fingerprint density at radius 2 is 2.08 bits per heavy atom. The number of rotatable bonds is 4. The molecule has 0 bridgehead atoms. The van der Waals surface area contributed by atoms with Crippen LogP contribution in [0.2, 0.25) is 0 Å². The molecular weight excluding hydrogens is 316 g/mol. The molecule has 3 aromatic heterocycles. The molecule has 0 fully saturated rings. The molecule has 0 aliphatic heterocycles. The zero-order valence-electron chi connectivity index (χ0n) is 13.6. The van der Waals surface area contributed by atoms with Crippen molar-refractivity contribution in [3.8, 4) is 5.82 Å².